The Balaban J connectivity index is 3.20. The Morgan fingerprint density at radius 2 is 1.70 bits per heavy atom. The molecule has 0 radical (unpaired) electrons. The van der Waals surface area contributed by atoms with Crippen LogP contribution in [0.4, 0.5) is 17.6 Å². The first-order valence-corrected chi connectivity index (χ1v) is 8.37. The highest BCUT2D eigenvalue weighted by molar-refractivity contribution is 7.54. The first-order chi connectivity index (χ1) is 10.7. The standard InChI is InChI=1S/C13H18F4NO4P/c1-3-20-23(19,21-4-2)11(18)9-7-5-6-8-10(9)22-13(16,17)12(14)15/h5-8,11-12H,3-4,18H2,1-2H3/t11-/m1/s1. The molecule has 5 nitrogen and oxygen atoms in total. The minimum Gasteiger partial charge on any atom is -0.428 e. The average molecular weight is 359 g/mol. The van der Waals surface area contributed by atoms with Gasteiger partial charge in [-0.05, 0) is 19.9 Å². The number of alkyl halides is 4. The summed E-state index contributed by atoms with van der Waals surface area (Å²) >= 11 is 0. The number of para-hydroxylation sites is 1. The van der Waals surface area contributed by atoms with E-state index in [9.17, 15) is 22.1 Å². The van der Waals surface area contributed by atoms with Gasteiger partial charge in [0, 0.05) is 5.56 Å². The molecule has 0 saturated heterocycles. The molecule has 0 fully saturated rings. The zero-order chi connectivity index (χ0) is 17.7. The predicted molar refractivity (Wildman–Crippen MR) is 75.8 cm³/mol. The summed E-state index contributed by atoms with van der Waals surface area (Å²) in [6, 6.07) is 4.95. The van der Waals surface area contributed by atoms with Crippen molar-refractivity contribution in [1.82, 2.24) is 0 Å². The molecule has 1 rings (SSSR count). The van der Waals surface area contributed by atoms with Gasteiger partial charge in [0.1, 0.15) is 11.5 Å². The molecular formula is C13H18F4NO4P. The Morgan fingerprint density at radius 3 is 2.17 bits per heavy atom. The molecule has 0 aliphatic heterocycles. The van der Waals surface area contributed by atoms with Gasteiger partial charge in [0.2, 0.25) is 0 Å². The van der Waals surface area contributed by atoms with Crippen LogP contribution >= 0.6 is 7.60 Å². The van der Waals surface area contributed by atoms with Crippen molar-refractivity contribution in [1.29, 1.82) is 0 Å². The largest absolute Gasteiger partial charge is 0.461 e. The minimum absolute atomic E-state index is 0.00119. The normalized spacial score (nSPS) is 14.1. The molecule has 0 aliphatic carbocycles. The van der Waals surface area contributed by atoms with E-state index in [0.717, 1.165) is 6.07 Å². The van der Waals surface area contributed by atoms with E-state index in [2.05, 4.69) is 4.74 Å². The summed E-state index contributed by atoms with van der Waals surface area (Å²) in [4.78, 5) is 0. The highest BCUT2D eigenvalue weighted by atomic mass is 31.2. The van der Waals surface area contributed by atoms with Gasteiger partial charge in [-0.3, -0.25) is 4.57 Å². The molecule has 0 heterocycles. The molecule has 0 amide bonds. The highest BCUT2D eigenvalue weighted by Gasteiger charge is 2.45. The molecule has 23 heavy (non-hydrogen) atoms. The van der Waals surface area contributed by atoms with E-state index in [1.807, 2.05) is 0 Å². The number of rotatable bonds is 9. The summed E-state index contributed by atoms with van der Waals surface area (Å²) in [5, 5.41) is 0. The van der Waals surface area contributed by atoms with Crippen LogP contribution in [0.3, 0.4) is 0 Å². The van der Waals surface area contributed by atoms with E-state index in [4.69, 9.17) is 14.8 Å². The van der Waals surface area contributed by atoms with Gasteiger partial charge in [0.25, 0.3) is 0 Å². The fourth-order valence-corrected chi connectivity index (χ4v) is 3.41. The Labute approximate surface area is 131 Å². The lowest BCUT2D eigenvalue weighted by atomic mass is 10.2. The third-order valence-corrected chi connectivity index (χ3v) is 4.89. The number of hydrogen-bond donors (Lipinski definition) is 1. The van der Waals surface area contributed by atoms with Crippen LogP contribution in [0.1, 0.15) is 25.2 Å². The Bertz CT molecular complexity index is 549. The topological polar surface area (TPSA) is 70.8 Å². The van der Waals surface area contributed by atoms with Crippen LogP contribution in [0.5, 0.6) is 5.75 Å². The van der Waals surface area contributed by atoms with Crippen LogP contribution in [-0.2, 0) is 13.6 Å². The van der Waals surface area contributed by atoms with Crippen molar-refractivity contribution in [3.63, 3.8) is 0 Å². The third-order valence-electron chi connectivity index (χ3n) is 2.70. The van der Waals surface area contributed by atoms with E-state index in [-0.39, 0.29) is 18.8 Å². The Kier molecular flexibility index (Phi) is 7.01. The second kappa shape index (κ2) is 8.10. The molecule has 0 bridgehead atoms. The van der Waals surface area contributed by atoms with E-state index >= 15 is 0 Å². The smallest absolute Gasteiger partial charge is 0.428 e. The van der Waals surface area contributed by atoms with Crippen molar-refractivity contribution in [2.45, 2.75) is 32.2 Å². The quantitative estimate of drug-likeness (QED) is 0.530. The predicted octanol–water partition coefficient (Wildman–Crippen LogP) is 4.15. The highest BCUT2D eigenvalue weighted by Crippen LogP contribution is 2.59. The second-order valence-corrected chi connectivity index (χ2v) is 6.48. The van der Waals surface area contributed by atoms with E-state index in [1.165, 1.54) is 18.2 Å². The number of benzene rings is 1. The summed E-state index contributed by atoms with van der Waals surface area (Å²) in [5.74, 6) is -2.09. The maximum absolute atomic E-state index is 13.1. The summed E-state index contributed by atoms with van der Waals surface area (Å²) in [6.45, 7) is 3.10. The lowest BCUT2D eigenvalue weighted by Gasteiger charge is -2.26. The Morgan fingerprint density at radius 1 is 1.17 bits per heavy atom. The number of nitrogens with two attached hydrogens (primary N) is 1. The fourth-order valence-electron chi connectivity index (χ4n) is 1.74. The number of hydrogen-bond acceptors (Lipinski definition) is 5. The van der Waals surface area contributed by atoms with Gasteiger partial charge in [0.15, 0.2) is 0 Å². The van der Waals surface area contributed by atoms with Gasteiger partial charge in [-0.1, -0.05) is 18.2 Å². The lowest BCUT2D eigenvalue weighted by molar-refractivity contribution is -0.253. The minimum atomic E-state index is -4.71. The van der Waals surface area contributed by atoms with Crippen LogP contribution in [0.2, 0.25) is 0 Å². The van der Waals surface area contributed by atoms with Crippen LogP contribution in [0.25, 0.3) is 0 Å². The second-order valence-electron chi connectivity index (χ2n) is 4.32. The fraction of sp³-hybridized carbons (Fsp3) is 0.538. The maximum Gasteiger partial charge on any atom is 0.461 e. The van der Waals surface area contributed by atoms with Crippen molar-refractivity contribution in [3.8, 4) is 5.75 Å². The van der Waals surface area contributed by atoms with Crippen LogP contribution < -0.4 is 10.5 Å². The van der Waals surface area contributed by atoms with Crippen LogP contribution in [0, 0.1) is 0 Å². The zero-order valence-electron chi connectivity index (χ0n) is 12.5. The number of halogens is 4. The Hall–Kier alpha value is -1.15. The van der Waals surface area contributed by atoms with Crippen molar-refractivity contribution in [2.24, 2.45) is 5.73 Å². The molecule has 10 heteroatoms. The van der Waals surface area contributed by atoms with Crippen molar-refractivity contribution in [3.05, 3.63) is 29.8 Å². The molecule has 1 atom stereocenters. The van der Waals surface area contributed by atoms with Gasteiger partial charge < -0.3 is 19.5 Å². The molecular weight excluding hydrogens is 341 g/mol. The first-order valence-electron chi connectivity index (χ1n) is 6.76. The molecule has 0 aliphatic rings. The van der Waals surface area contributed by atoms with E-state index in [0.29, 0.717) is 0 Å². The molecule has 0 aromatic heterocycles. The monoisotopic (exact) mass is 359 g/mol. The SMILES string of the molecule is CCOP(=O)(OCC)[C@@H](N)c1ccccc1OC(F)(F)C(F)F. The van der Waals surface area contributed by atoms with Crippen molar-refractivity contribution < 1.29 is 35.9 Å². The lowest BCUT2D eigenvalue weighted by Crippen LogP contribution is -2.34. The van der Waals surface area contributed by atoms with Crippen molar-refractivity contribution >= 4 is 7.60 Å². The third kappa shape index (κ3) is 4.91. The first kappa shape index (κ1) is 19.9. The zero-order valence-corrected chi connectivity index (χ0v) is 13.4. The molecule has 1 aromatic carbocycles. The van der Waals surface area contributed by atoms with E-state index < -0.39 is 31.7 Å². The van der Waals surface area contributed by atoms with Gasteiger partial charge in [-0.15, -0.1) is 0 Å². The van der Waals surface area contributed by atoms with Crippen molar-refractivity contribution in [2.75, 3.05) is 13.2 Å². The molecule has 2 N–H and O–H groups in total. The van der Waals surface area contributed by atoms with Crippen LogP contribution in [0.15, 0.2) is 24.3 Å². The van der Waals surface area contributed by atoms with Gasteiger partial charge in [0.05, 0.1) is 13.2 Å². The molecule has 0 unspecified atom stereocenters. The van der Waals surface area contributed by atoms with Gasteiger partial charge in [-0.25, -0.2) is 0 Å². The molecule has 1 aromatic rings. The summed E-state index contributed by atoms with van der Waals surface area (Å²) in [7, 11) is -3.88. The summed E-state index contributed by atoms with van der Waals surface area (Å²) in [5.41, 5.74) is 5.63. The number of ether oxygens (including phenoxy) is 1. The molecule has 132 valence electrons. The summed E-state index contributed by atoms with van der Waals surface area (Å²) in [6.07, 6.45) is -8.74. The summed E-state index contributed by atoms with van der Waals surface area (Å²) < 4.78 is 77.6. The maximum atomic E-state index is 13.1. The van der Waals surface area contributed by atoms with E-state index in [1.54, 1.807) is 13.8 Å². The average Bonchev–Trinajstić information content (AvgIpc) is 2.47. The molecule has 0 saturated carbocycles. The molecule has 0 spiro atoms. The van der Waals surface area contributed by atoms with Gasteiger partial charge in [-0.2, -0.15) is 17.6 Å². The van der Waals surface area contributed by atoms with Gasteiger partial charge >= 0.3 is 20.1 Å². The van der Waals surface area contributed by atoms with Crippen LogP contribution in [-0.4, -0.2) is 25.7 Å².